The van der Waals surface area contributed by atoms with E-state index in [1.807, 2.05) is 0 Å². The molecule has 0 amide bonds. The van der Waals surface area contributed by atoms with Gasteiger partial charge in [0.2, 0.25) is 0 Å². The summed E-state index contributed by atoms with van der Waals surface area (Å²) in [7, 11) is 0. The highest BCUT2D eigenvalue weighted by atomic mass is 19.1. The molecule has 1 N–H and O–H groups in total. The number of hydrogen-bond donors (Lipinski definition) is 1. The number of ketones is 1. The molecule has 2 rings (SSSR count). The fraction of sp³-hybridized carbons (Fsp3) is 0.429. The molecule has 0 radical (unpaired) electrons. The second kappa shape index (κ2) is 5.47. The molecule has 1 fully saturated rings. The number of carboxylic acids is 1. The van der Waals surface area contributed by atoms with Crippen molar-refractivity contribution in [3.63, 3.8) is 0 Å². The maximum Gasteiger partial charge on any atom is 0.307 e. The Balaban J connectivity index is 2.28. The average Bonchev–Trinajstić information content (AvgIpc) is 2.36. The molecular weight excluding hydrogens is 254 g/mol. The van der Waals surface area contributed by atoms with Gasteiger partial charge in [0.25, 0.3) is 0 Å². The summed E-state index contributed by atoms with van der Waals surface area (Å²) in [5, 5.41) is 9.11. The van der Waals surface area contributed by atoms with Crippen molar-refractivity contribution >= 4 is 11.8 Å². The van der Waals surface area contributed by atoms with Gasteiger partial charge >= 0.3 is 5.97 Å². The molecule has 0 saturated heterocycles. The summed E-state index contributed by atoms with van der Waals surface area (Å²) in [4.78, 5) is 23.4. The second-order valence-electron chi connectivity index (χ2n) is 4.86. The van der Waals surface area contributed by atoms with Crippen LogP contribution in [0, 0.1) is 23.5 Å². The van der Waals surface area contributed by atoms with Gasteiger partial charge in [0.05, 0.1) is 5.92 Å². The molecule has 1 aromatic carbocycles. The lowest BCUT2D eigenvalue weighted by atomic mass is 9.75. The normalized spacial score (nSPS) is 23.1. The van der Waals surface area contributed by atoms with Crippen LogP contribution in [0.1, 0.15) is 36.0 Å². The monoisotopic (exact) mass is 268 g/mol. The van der Waals surface area contributed by atoms with Gasteiger partial charge in [0.15, 0.2) is 5.78 Å². The molecular formula is C14H14F2O3. The summed E-state index contributed by atoms with van der Waals surface area (Å²) in [6, 6.07) is 2.60. The predicted molar refractivity (Wildman–Crippen MR) is 63.8 cm³/mol. The molecule has 1 saturated carbocycles. The van der Waals surface area contributed by atoms with Gasteiger partial charge in [-0.1, -0.05) is 12.8 Å². The van der Waals surface area contributed by atoms with Crippen LogP contribution in [0.4, 0.5) is 8.78 Å². The Morgan fingerprint density at radius 2 is 1.53 bits per heavy atom. The molecule has 0 heterocycles. The second-order valence-corrected chi connectivity index (χ2v) is 4.86. The maximum absolute atomic E-state index is 13.1. The summed E-state index contributed by atoms with van der Waals surface area (Å²) < 4.78 is 26.2. The van der Waals surface area contributed by atoms with E-state index in [2.05, 4.69) is 0 Å². The van der Waals surface area contributed by atoms with Gasteiger partial charge in [-0.3, -0.25) is 9.59 Å². The number of hydrogen-bond acceptors (Lipinski definition) is 2. The number of benzene rings is 1. The molecule has 0 bridgehead atoms. The Kier molecular flexibility index (Phi) is 3.93. The zero-order valence-corrected chi connectivity index (χ0v) is 10.2. The molecule has 2 atom stereocenters. The van der Waals surface area contributed by atoms with E-state index in [1.54, 1.807) is 0 Å². The highest BCUT2D eigenvalue weighted by Crippen LogP contribution is 2.33. The van der Waals surface area contributed by atoms with E-state index in [0.717, 1.165) is 25.0 Å². The van der Waals surface area contributed by atoms with Crippen LogP contribution in [0.2, 0.25) is 0 Å². The fourth-order valence-electron chi connectivity index (χ4n) is 2.65. The van der Waals surface area contributed by atoms with Crippen molar-refractivity contribution in [3.8, 4) is 0 Å². The Morgan fingerprint density at radius 1 is 1.00 bits per heavy atom. The molecule has 0 aliphatic heterocycles. The minimum atomic E-state index is -1.02. The van der Waals surface area contributed by atoms with Gasteiger partial charge in [-0.25, -0.2) is 8.78 Å². The first-order valence-corrected chi connectivity index (χ1v) is 6.22. The first kappa shape index (κ1) is 13.6. The van der Waals surface area contributed by atoms with E-state index in [1.165, 1.54) is 0 Å². The van der Waals surface area contributed by atoms with Crippen molar-refractivity contribution in [1.82, 2.24) is 0 Å². The smallest absolute Gasteiger partial charge is 0.307 e. The van der Waals surface area contributed by atoms with Crippen LogP contribution in [-0.2, 0) is 4.79 Å². The predicted octanol–water partition coefficient (Wildman–Crippen LogP) is 3.04. The Bertz CT molecular complexity index is 493. The van der Waals surface area contributed by atoms with Gasteiger partial charge in [0.1, 0.15) is 11.6 Å². The minimum absolute atomic E-state index is 0.0874. The molecule has 5 heteroatoms. The molecule has 19 heavy (non-hydrogen) atoms. The number of carbonyl (C=O) groups is 2. The molecule has 3 nitrogen and oxygen atoms in total. The standard InChI is InChI=1S/C14H14F2O3/c15-9-5-8(6-10(16)7-9)13(17)11-3-1-2-4-12(11)14(18)19/h5-7,11-12H,1-4H2,(H,18,19). The average molecular weight is 268 g/mol. The van der Waals surface area contributed by atoms with Gasteiger partial charge in [-0.2, -0.15) is 0 Å². The molecule has 2 unspecified atom stereocenters. The van der Waals surface area contributed by atoms with Gasteiger partial charge in [-0.15, -0.1) is 0 Å². The summed E-state index contributed by atoms with van der Waals surface area (Å²) in [6.07, 6.45) is 2.41. The van der Waals surface area contributed by atoms with E-state index in [-0.39, 0.29) is 5.56 Å². The van der Waals surface area contributed by atoms with Gasteiger partial charge < -0.3 is 5.11 Å². The van der Waals surface area contributed by atoms with E-state index < -0.39 is 35.2 Å². The van der Waals surface area contributed by atoms with Crippen LogP contribution in [0.25, 0.3) is 0 Å². The SMILES string of the molecule is O=C(O)C1CCCCC1C(=O)c1cc(F)cc(F)c1. The van der Waals surface area contributed by atoms with E-state index in [9.17, 15) is 18.4 Å². The number of halogens is 2. The molecule has 1 aliphatic carbocycles. The van der Waals surface area contributed by atoms with Crippen molar-refractivity contribution < 1.29 is 23.5 Å². The maximum atomic E-state index is 13.1. The topological polar surface area (TPSA) is 54.4 Å². The van der Waals surface area contributed by atoms with Gasteiger partial charge in [-0.05, 0) is 25.0 Å². The van der Waals surface area contributed by atoms with Crippen LogP contribution in [0.5, 0.6) is 0 Å². The quantitative estimate of drug-likeness (QED) is 0.857. The van der Waals surface area contributed by atoms with Crippen LogP contribution < -0.4 is 0 Å². The number of Topliss-reactive ketones (excluding diaryl/α,β-unsaturated/α-hetero) is 1. The largest absolute Gasteiger partial charge is 0.481 e. The third-order valence-electron chi connectivity index (χ3n) is 3.57. The fourth-order valence-corrected chi connectivity index (χ4v) is 2.65. The highest BCUT2D eigenvalue weighted by Gasteiger charge is 2.36. The third kappa shape index (κ3) is 2.97. The molecule has 1 aromatic rings. The third-order valence-corrected chi connectivity index (χ3v) is 3.57. The Morgan fingerprint density at radius 3 is 2.05 bits per heavy atom. The highest BCUT2D eigenvalue weighted by molar-refractivity contribution is 6.00. The van der Waals surface area contributed by atoms with Crippen molar-refractivity contribution in [3.05, 3.63) is 35.4 Å². The molecule has 0 spiro atoms. The first-order chi connectivity index (χ1) is 8.99. The first-order valence-electron chi connectivity index (χ1n) is 6.22. The Labute approximate surface area is 109 Å². The van der Waals surface area contributed by atoms with Crippen LogP contribution >= 0.6 is 0 Å². The summed E-state index contributed by atoms with van der Waals surface area (Å²) >= 11 is 0. The van der Waals surface area contributed by atoms with Crippen molar-refractivity contribution in [2.24, 2.45) is 11.8 Å². The number of carbonyl (C=O) groups excluding carboxylic acids is 1. The van der Waals surface area contributed by atoms with E-state index >= 15 is 0 Å². The van der Waals surface area contributed by atoms with Crippen LogP contribution in [-0.4, -0.2) is 16.9 Å². The zero-order valence-electron chi connectivity index (χ0n) is 10.2. The number of rotatable bonds is 3. The van der Waals surface area contributed by atoms with Gasteiger partial charge in [0, 0.05) is 17.5 Å². The number of carboxylic acid groups (broad SMARTS) is 1. The van der Waals surface area contributed by atoms with Crippen LogP contribution in [0.3, 0.4) is 0 Å². The summed E-state index contributed by atoms with van der Waals surface area (Å²) in [6.45, 7) is 0. The van der Waals surface area contributed by atoms with Crippen molar-refractivity contribution in [2.75, 3.05) is 0 Å². The molecule has 1 aliphatic rings. The summed E-state index contributed by atoms with van der Waals surface area (Å²) in [5.74, 6) is -4.60. The van der Waals surface area contributed by atoms with E-state index in [0.29, 0.717) is 18.9 Å². The lowest BCUT2D eigenvalue weighted by molar-refractivity contribution is -0.144. The number of aliphatic carboxylic acids is 1. The van der Waals surface area contributed by atoms with Crippen molar-refractivity contribution in [1.29, 1.82) is 0 Å². The zero-order chi connectivity index (χ0) is 14.0. The summed E-state index contributed by atoms with van der Waals surface area (Å²) in [5.41, 5.74) is -0.0874. The Hall–Kier alpha value is -1.78. The lowest BCUT2D eigenvalue weighted by Gasteiger charge is -2.27. The minimum Gasteiger partial charge on any atom is -0.481 e. The van der Waals surface area contributed by atoms with E-state index in [4.69, 9.17) is 5.11 Å². The molecule has 0 aromatic heterocycles. The van der Waals surface area contributed by atoms with Crippen LogP contribution in [0.15, 0.2) is 18.2 Å². The molecule has 102 valence electrons. The van der Waals surface area contributed by atoms with Crippen molar-refractivity contribution in [2.45, 2.75) is 25.7 Å². The lowest BCUT2D eigenvalue weighted by Crippen LogP contribution is -2.32.